The third-order valence-corrected chi connectivity index (χ3v) is 2.93. The SMILES string of the molecule is O=C(O)CCCCCCNC(=O)c1ncccc1C(F)(F)F. The number of carbonyl (C=O) groups excluding carboxylic acids is 1. The van der Waals surface area contributed by atoms with E-state index in [0.717, 1.165) is 18.3 Å². The van der Waals surface area contributed by atoms with Crippen LogP contribution in [-0.4, -0.2) is 28.5 Å². The van der Waals surface area contributed by atoms with Crippen LogP contribution >= 0.6 is 0 Å². The minimum absolute atomic E-state index is 0.0925. The normalized spacial score (nSPS) is 11.2. The molecule has 0 aliphatic carbocycles. The number of hydrogen-bond acceptors (Lipinski definition) is 3. The molecule has 1 rings (SSSR count). The summed E-state index contributed by atoms with van der Waals surface area (Å²) in [6.45, 7) is 0.222. The molecule has 0 aromatic carbocycles. The van der Waals surface area contributed by atoms with Crippen LogP contribution in [0.5, 0.6) is 0 Å². The van der Waals surface area contributed by atoms with Gasteiger partial charge in [0.15, 0.2) is 0 Å². The molecule has 0 atom stereocenters. The molecule has 1 aromatic heterocycles. The number of hydrogen-bond donors (Lipinski definition) is 2. The van der Waals surface area contributed by atoms with Gasteiger partial charge in [-0.05, 0) is 25.0 Å². The minimum atomic E-state index is -4.63. The van der Waals surface area contributed by atoms with Crippen LogP contribution in [0.25, 0.3) is 0 Å². The summed E-state index contributed by atoms with van der Waals surface area (Å²) >= 11 is 0. The summed E-state index contributed by atoms with van der Waals surface area (Å²) in [5.41, 5.74) is -1.70. The lowest BCUT2D eigenvalue weighted by Gasteiger charge is -2.11. The monoisotopic (exact) mass is 318 g/mol. The summed E-state index contributed by atoms with van der Waals surface area (Å²) in [6.07, 6.45) is -0.897. The number of amides is 1. The predicted molar refractivity (Wildman–Crippen MR) is 72.3 cm³/mol. The summed E-state index contributed by atoms with van der Waals surface area (Å²) in [5.74, 6) is -1.72. The number of unbranched alkanes of at least 4 members (excludes halogenated alkanes) is 3. The van der Waals surface area contributed by atoms with Crippen LogP contribution in [0.1, 0.15) is 48.2 Å². The van der Waals surface area contributed by atoms with Gasteiger partial charge in [0, 0.05) is 19.2 Å². The van der Waals surface area contributed by atoms with E-state index in [1.54, 1.807) is 0 Å². The number of nitrogens with zero attached hydrogens (tertiary/aromatic N) is 1. The van der Waals surface area contributed by atoms with Crippen molar-refractivity contribution >= 4 is 11.9 Å². The number of halogens is 3. The Bertz CT molecular complexity index is 518. The molecule has 22 heavy (non-hydrogen) atoms. The first kappa shape index (κ1) is 17.9. The number of alkyl halides is 3. The number of aromatic nitrogens is 1. The van der Waals surface area contributed by atoms with Crippen LogP contribution in [0.3, 0.4) is 0 Å². The van der Waals surface area contributed by atoms with Crippen molar-refractivity contribution in [3.63, 3.8) is 0 Å². The molecular formula is C14H17F3N2O3. The van der Waals surface area contributed by atoms with Gasteiger partial charge in [-0.3, -0.25) is 14.6 Å². The van der Waals surface area contributed by atoms with Crippen molar-refractivity contribution in [2.75, 3.05) is 6.54 Å². The number of carboxylic acids is 1. The van der Waals surface area contributed by atoms with Crippen molar-refractivity contribution in [2.24, 2.45) is 0 Å². The van der Waals surface area contributed by atoms with E-state index in [4.69, 9.17) is 5.11 Å². The smallest absolute Gasteiger partial charge is 0.418 e. The Morgan fingerprint density at radius 3 is 2.50 bits per heavy atom. The average Bonchev–Trinajstić information content (AvgIpc) is 2.44. The maximum atomic E-state index is 12.7. The van der Waals surface area contributed by atoms with Crippen LogP contribution in [0, 0.1) is 0 Å². The molecule has 1 amide bonds. The molecule has 0 spiro atoms. The second-order valence-corrected chi connectivity index (χ2v) is 4.71. The molecular weight excluding hydrogens is 301 g/mol. The van der Waals surface area contributed by atoms with Crippen molar-refractivity contribution in [3.05, 3.63) is 29.6 Å². The van der Waals surface area contributed by atoms with Crippen LogP contribution in [0.15, 0.2) is 18.3 Å². The summed E-state index contributed by atoms with van der Waals surface area (Å²) in [7, 11) is 0. The Balaban J connectivity index is 2.39. The van der Waals surface area contributed by atoms with E-state index < -0.39 is 29.3 Å². The molecule has 0 aliphatic heterocycles. The quantitative estimate of drug-likeness (QED) is 0.722. The van der Waals surface area contributed by atoms with Crippen LogP contribution in [0.2, 0.25) is 0 Å². The molecule has 0 fully saturated rings. The minimum Gasteiger partial charge on any atom is -0.481 e. The van der Waals surface area contributed by atoms with Crippen molar-refractivity contribution in [1.29, 1.82) is 0 Å². The summed E-state index contributed by atoms with van der Waals surface area (Å²) in [6, 6.07) is 1.94. The largest absolute Gasteiger partial charge is 0.481 e. The molecule has 5 nitrogen and oxygen atoms in total. The van der Waals surface area contributed by atoms with Crippen molar-refractivity contribution in [3.8, 4) is 0 Å². The van der Waals surface area contributed by atoms with E-state index in [9.17, 15) is 22.8 Å². The Morgan fingerprint density at radius 1 is 1.18 bits per heavy atom. The fraction of sp³-hybridized carbons (Fsp3) is 0.500. The van der Waals surface area contributed by atoms with Crippen molar-refractivity contribution < 1.29 is 27.9 Å². The van der Waals surface area contributed by atoms with Crippen LogP contribution in [0.4, 0.5) is 13.2 Å². The van der Waals surface area contributed by atoms with Gasteiger partial charge in [-0.15, -0.1) is 0 Å². The van der Waals surface area contributed by atoms with Gasteiger partial charge in [-0.25, -0.2) is 0 Å². The number of carbonyl (C=O) groups is 2. The first-order valence-electron chi connectivity index (χ1n) is 6.84. The molecule has 0 bridgehead atoms. The highest BCUT2D eigenvalue weighted by Gasteiger charge is 2.35. The van der Waals surface area contributed by atoms with E-state index in [1.165, 1.54) is 0 Å². The van der Waals surface area contributed by atoms with Gasteiger partial charge in [0.25, 0.3) is 5.91 Å². The van der Waals surface area contributed by atoms with Gasteiger partial charge < -0.3 is 10.4 Å². The fourth-order valence-electron chi connectivity index (χ4n) is 1.86. The van der Waals surface area contributed by atoms with E-state index in [0.29, 0.717) is 25.7 Å². The average molecular weight is 318 g/mol. The molecule has 0 saturated carbocycles. The lowest BCUT2D eigenvalue weighted by molar-refractivity contribution is -0.138. The highest BCUT2D eigenvalue weighted by Crippen LogP contribution is 2.30. The van der Waals surface area contributed by atoms with Gasteiger partial charge in [-0.1, -0.05) is 12.8 Å². The number of nitrogens with one attached hydrogen (secondary N) is 1. The molecule has 122 valence electrons. The second kappa shape index (κ2) is 8.35. The Morgan fingerprint density at radius 2 is 1.86 bits per heavy atom. The van der Waals surface area contributed by atoms with Crippen LogP contribution in [-0.2, 0) is 11.0 Å². The number of rotatable bonds is 8. The lowest BCUT2D eigenvalue weighted by Crippen LogP contribution is -2.28. The molecule has 0 saturated heterocycles. The zero-order valence-corrected chi connectivity index (χ0v) is 11.8. The Labute approximate surface area is 125 Å². The molecule has 0 unspecified atom stereocenters. The zero-order chi connectivity index (χ0) is 16.6. The first-order chi connectivity index (χ1) is 10.3. The predicted octanol–water partition coefficient (Wildman–Crippen LogP) is 2.87. The van der Waals surface area contributed by atoms with Gasteiger partial charge in [0.05, 0.1) is 5.56 Å². The maximum absolute atomic E-state index is 12.7. The Kier molecular flexibility index (Phi) is 6.81. The second-order valence-electron chi connectivity index (χ2n) is 4.71. The fourth-order valence-corrected chi connectivity index (χ4v) is 1.86. The molecule has 1 heterocycles. The standard InChI is InChI=1S/C14H17F3N2O3/c15-14(16,17)10-6-5-9-18-12(10)13(22)19-8-4-2-1-3-7-11(20)21/h5-6,9H,1-4,7-8H2,(H,19,22)(H,20,21). The number of pyridine rings is 1. The summed E-state index contributed by atoms with van der Waals surface area (Å²) in [4.78, 5) is 25.5. The Hall–Kier alpha value is -2.12. The number of aliphatic carboxylic acids is 1. The van der Waals surface area contributed by atoms with E-state index in [1.807, 2.05) is 0 Å². The van der Waals surface area contributed by atoms with Gasteiger partial charge in [0.2, 0.25) is 0 Å². The highest BCUT2D eigenvalue weighted by atomic mass is 19.4. The lowest BCUT2D eigenvalue weighted by atomic mass is 10.1. The zero-order valence-electron chi connectivity index (χ0n) is 11.8. The molecule has 0 radical (unpaired) electrons. The first-order valence-corrected chi connectivity index (χ1v) is 6.84. The summed E-state index contributed by atoms with van der Waals surface area (Å²) in [5, 5.41) is 10.8. The molecule has 2 N–H and O–H groups in total. The van der Waals surface area contributed by atoms with Gasteiger partial charge in [0.1, 0.15) is 5.69 Å². The van der Waals surface area contributed by atoms with E-state index >= 15 is 0 Å². The van der Waals surface area contributed by atoms with E-state index in [2.05, 4.69) is 10.3 Å². The molecule has 0 aliphatic rings. The molecule has 1 aromatic rings. The van der Waals surface area contributed by atoms with E-state index in [-0.39, 0.29) is 13.0 Å². The third kappa shape index (κ3) is 6.11. The van der Waals surface area contributed by atoms with Gasteiger partial charge in [-0.2, -0.15) is 13.2 Å². The topological polar surface area (TPSA) is 79.3 Å². The third-order valence-electron chi connectivity index (χ3n) is 2.93. The number of carboxylic acid groups (broad SMARTS) is 1. The van der Waals surface area contributed by atoms with Crippen LogP contribution < -0.4 is 5.32 Å². The molecule has 8 heteroatoms. The summed E-state index contributed by atoms with van der Waals surface area (Å²) < 4.78 is 38.2. The maximum Gasteiger partial charge on any atom is 0.418 e. The van der Waals surface area contributed by atoms with Crippen molar-refractivity contribution in [1.82, 2.24) is 10.3 Å². The van der Waals surface area contributed by atoms with Crippen molar-refractivity contribution in [2.45, 2.75) is 38.3 Å². The van der Waals surface area contributed by atoms with Gasteiger partial charge >= 0.3 is 12.1 Å². The highest BCUT2D eigenvalue weighted by molar-refractivity contribution is 5.93.